The molecule has 1 amide bonds. The average molecular weight is 418 g/mol. The highest BCUT2D eigenvalue weighted by Gasteiger charge is 2.22. The van der Waals surface area contributed by atoms with Gasteiger partial charge in [0.1, 0.15) is 5.75 Å². The van der Waals surface area contributed by atoms with Crippen molar-refractivity contribution in [3.05, 3.63) is 59.7 Å². The molecule has 29 heavy (non-hydrogen) atoms. The second-order valence-electron chi connectivity index (χ2n) is 7.34. The SMILES string of the molecule is COc1ccc(CNC(=O)c2ccc(S(=O)(=O)NN3CCCC(C)C3)cc2)cc1. The number of hydrogen-bond donors (Lipinski definition) is 2. The number of benzene rings is 2. The number of methoxy groups -OCH3 is 1. The predicted molar refractivity (Wildman–Crippen MR) is 111 cm³/mol. The van der Waals surface area contributed by atoms with E-state index in [0.717, 1.165) is 24.2 Å². The van der Waals surface area contributed by atoms with Crippen LogP contribution in [0.25, 0.3) is 0 Å². The van der Waals surface area contributed by atoms with E-state index >= 15 is 0 Å². The summed E-state index contributed by atoms with van der Waals surface area (Å²) in [5.41, 5.74) is 1.35. The van der Waals surface area contributed by atoms with E-state index in [1.165, 1.54) is 24.3 Å². The van der Waals surface area contributed by atoms with E-state index in [9.17, 15) is 13.2 Å². The number of ether oxygens (including phenoxy) is 1. The van der Waals surface area contributed by atoms with Crippen LogP contribution in [-0.2, 0) is 16.6 Å². The number of carbonyl (C=O) groups excluding carboxylic acids is 1. The molecule has 1 aliphatic rings. The maximum atomic E-state index is 12.6. The van der Waals surface area contributed by atoms with Crippen LogP contribution < -0.4 is 14.9 Å². The van der Waals surface area contributed by atoms with Gasteiger partial charge in [-0.25, -0.2) is 13.4 Å². The smallest absolute Gasteiger partial charge is 0.253 e. The summed E-state index contributed by atoms with van der Waals surface area (Å²) < 4.78 is 30.3. The Morgan fingerprint density at radius 2 is 1.83 bits per heavy atom. The third-order valence-electron chi connectivity index (χ3n) is 4.95. The third kappa shape index (κ3) is 5.79. The van der Waals surface area contributed by atoms with Gasteiger partial charge in [-0.3, -0.25) is 4.79 Å². The summed E-state index contributed by atoms with van der Waals surface area (Å²) in [6.07, 6.45) is 2.08. The van der Waals surface area contributed by atoms with Crippen LogP contribution in [0.3, 0.4) is 0 Å². The highest BCUT2D eigenvalue weighted by atomic mass is 32.2. The molecular formula is C21H27N3O4S. The molecule has 0 radical (unpaired) electrons. The summed E-state index contributed by atoms with van der Waals surface area (Å²) in [6, 6.07) is 13.4. The van der Waals surface area contributed by atoms with Crippen LogP contribution in [0.5, 0.6) is 5.75 Å². The van der Waals surface area contributed by atoms with E-state index < -0.39 is 10.0 Å². The van der Waals surface area contributed by atoms with E-state index in [1.807, 2.05) is 24.3 Å². The average Bonchev–Trinajstić information content (AvgIpc) is 2.72. The molecule has 7 nitrogen and oxygen atoms in total. The first-order valence-electron chi connectivity index (χ1n) is 9.66. The summed E-state index contributed by atoms with van der Waals surface area (Å²) in [5.74, 6) is 0.954. The van der Waals surface area contributed by atoms with Gasteiger partial charge in [-0.1, -0.05) is 19.1 Å². The Bertz CT molecular complexity index is 927. The fourth-order valence-corrected chi connectivity index (χ4v) is 4.41. The number of hydrazine groups is 1. The lowest BCUT2D eigenvalue weighted by Crippen LogP contribution is -2.47. The quantitative estimate of drug-likeness (QED) is 0.723. The molecule has 0 aromatic heterocycles. The summed E-state index contributed by atoms with van der Waals surface area (Å²) in [4.78, 5) is 15.1. The van der Waals surface area contributed by atoms with Crippen molar-refractivity contribution in [2.75, 3.05) is 20.2 Å². The molecule has 2 N–H and O–H groups in total. The zero-order chi connectivity index (χ0) is 20.9. The van der Waals surface area contributed by atoms with Gasteiger partial charge in [-0.2, -0.15) is 0 Å². The van der Waals surface area contributed by atoms with Crippen molar-refractivity contribution in [2.24, 2.45) is 5.92 Å². The minimum atomic E-state index is -3.66. The molecule has 0 spiro atoms. The molecule has 156 valence electrons. The Labute approximate surface area is 172 Å². The number of nitrogens with zero attached hydrogens (tertiary/aromatic N) is 1. The van der Waals surface area contributed by atoms with Crippen LogP contribution in [-0.4, -0.2) is 39.5 Å². The van der Waals surface area contributed by atoms with E-state index in [0.29, 0.717) is 31.1 Å². The Balaban J connectivity index is 1.58. The monoisotopic (exact) mass is 417 g/mol. The van der Waals surface area contributed by atoms with Gasteiger partial charge in [0.25, 0.3) is 15.9 Å². The topological polar surface area (TPSA) is 87.7 Å². The zero-order valence-corrected chi connectivity index (χ0v) is 17.5. The Morgan fingerprint density at radius 3 is 2.45 bits per heavy atom. The van der Waals surface area contributed by atoms with E-state index in [2.05, 4.69) is 17.1 Å². The third-order valence-corrected chi connectivity index (χ3v) is 6.34. The molecule has 3 rings (SSSR count). The van der Waals surface area contributed by atoms with Gasteiger partial charge in [-0.05, 0) is 60.7 Å². The number of rotatable bonds is 7. The molecule has 1 aliphatic heterocycles. The van der Waals surface area contributed by atoms with Gasteiger partial charge in [0.05, 0.1) is 12.0 Å². The molecule has 1 unspecified atom stereocenters. The van der Waals surface area contributed by atoms with Crippen molar-refractivity contribution < 1.29 is 17.9 Å². The zero-order valence-electron chi connectivity index (χ0n) is 16.7. The lowest BCUT2D eigenvalue weighted by Gasteiger charge is -2.30. The second-order valence-corrected chi connectivity index (χ2v) is 9.00. The first-order chi connectivity index (χ1) is 13.9. The van der Waals surface area contributed by atoms with Gasteiger partial charge in [0.2, 0.25) is 0 Å². The first kappa shape index (κ1) is 21.3. The fourth-order valence-electron chi connectivity index (χ4n) is 3.31. The highest BCUT2D eigenvalue weighted by Crippen LogP contribution is 2.17. The second kappa shape index (κ2) is 9.39. The molecule has 0 bridgehead atoms. The minimum Gasteiger partial charge on any atom is -0.497 e. The molecule has 1 saturated heterocycles. The molecular weight excluding hydrogens is 390 g/mol. The van der Waals surface area contributed by atoms with E-state index in [-0.39, 0.29) is 10.8 Å². The van der Waals surface area contributed by atoms with E-state index in [1.54, 1.807) is 12.1 Å². The molecule has 0 aliphatic carbocycles. The van der Waals surface area contributed by atoms with Crippen molar-refractivity contribution in [1.29, 1.82) is 0 Å². The maximum absolute atomic E-state index is 12.6. The van der Waals surface area contributed by atoms with Crippen molar-refractivity contribution in [1.82, 2.24) is 15.2 Å². The van der Waals surface area contributed by atoms with Gasteiger partial charge in [-0.15, -0.1) is 4.83 Å². The largest absolute Gasteiger partial charge is 0.497 e. The van der Waals surface area contributed by atoms with Crippen molar-refractivity contribution in [2.45, 2.75) is 31.2 Å². The normalized spacial score (nSPS) is 17.7. The standard InChI is InChI=1S/C21H27N3O4S/c1-16-4-3-13-24(15-16)23-29(26,27)20-11-7-18(8-12-20)21(25)22-14-17-5-9-19(28-2)10-6-17/h5-12,16,23H,3-4,13-15H2,1-2H3,(H,22,25). The lowest BCUT2D eigenvalue weighted by molar-refractivity contribution is 0.0951. The Morgan fingerprint density at radius 1 is 1.14 bits per heavy atom. The molecule has 2 aromatic carbocycles. The molecule has 1 heterocycles. The van der Waals surface area contributed by atoms with Gasteiger partial charge < -0.3 is 10.1 Å². The van der Waals surface area contributed by atoms with Crippen molar-refractivity contribution in [3.8, 4) is 5.75 Å². The Kier molecular flexibility index (Phi) is 6.89. The van der Waals surface area contributed by atoms with Gasteiger partial charge >= 0.3 is 0 Å². The number of piperidine rings is 1. The predicted octanol–water partition coefficient (Wildman–Crippen LogP) is 2.55. The highest BCUT2D eigenvalue weighted by molar-refractivity contribution is 7.89. The number of sulfonamides is 1. The van der Waals surface area contributed by atoms with Gasteiger partial charge in [0.15, 0.2) is 0 Å². The summed E-state index contributed by atoms with van der Waals surface area (Å²) in [5, 5.41) is 4.58. The summed E-state index contributed by atoms with van der Waals surface area (Å²) in [6.45, 7) is 3.89. The van der Waals surface area contributed by atoms with E-state index in [4.69, 9.17) is 4.74 Å². The van der Waals surface area contributed by atoms with Crippen LogP contribution in [0.2, 0.25) is 0 Å². The van der Waals surface area contributed by atoms with Crippen molar-refractivity contribution in [3.63, 3.8) is 0 Å². The summed E-state index contributed by atoms with van der Waals surface area (Å²) in [7, 11) is -2.05. The van der Waals surface area contributed by atoms with Crippen molar-refractivity contribution >= 4 is 15.9 Å². The number of hydrogen-bond acceptors (Lipinski definition) is 5. The fraction of sp³-hybridized carbons (Fsp3) is 0.381. The molecule has 1 atom stereocenters. The first-order valence-corrected chi connectivity index (χ1v) is 11.1. The van der Waals surface area contributed by atoms with Crippen LogP contribution in [0.4, 0.5) is 0 Å². The number of carbonyl (C=O) groups is 1. The van der Waals surface area contributed by atoms with Crippen LogP contribution in [0.15, 0.2) is 53.4 Å². The summed E-state index contributed by atoms with van der Waals surface area (Å²) >= 11 is 0. The molecule has 2 aromatic rings. The minimum absolute atomic E-state index is 0.141. The van der Waals surface area contributed by atoms with Crippen LogP contribution in [0.1, 0.15) is 35.7 Å². The lowest BCUT2D eigenvalue weighted by atomic mass is 10.0. The molecule has 0 saturated carbocycles. The Hall–Kier alpha value is -2.42. The molecule has 8 heteroatoms. The number of amides is 1. The van der Waals surface area contributed by atoms with Crippen LogP contribution in [0, 0.1) is 5.92 Å². The number of nitrogens with one attached hydrogen (secondary N) is 2. The maximum Gasteiger partial charge on any atom is 0.253 e. The molecule has 1 fully saturated rings. The van der Waals surface area contributed by atoms with Crippen LogP contribution >= 0.6 is 0 Å². The van der Waals surface area contributed by atoms with Gasteiger partial charge in [0, 0.05) is 25.2 Å².